The number of aromatic amines is 1. The molecule has 1 aliphatic heterocycles. The van der Waals surface area contributed by atoms with E-state index >= 15 is 0 Å². The van der Waals surface area contributed by atoms with Gasteiger partial charge in [-0.05, 0) is 31.6 Å². The summed E-state index contributed by atoms with van der Waals surface area (Å²) in [5.74, 6) is 0.666. The number of likely N-dealkylation sites (tertiary alicyclic amines) is 1. The average molecular weight is 319 g/mol. The Kier molecular flexibility index (Phi) is 3.39. The fraction of sp³-hybridized carbons (Fsp3) is 0.750. The number of ketones is 1. The molecule has 0 bridgehead atoms. The molecular formula is C16H21N3O4. The first-order chi connectivity index (χ1) is 11.1. The number of rotatable bonds is 2. The number of piperidine rings is 1. The molecule has 4 rings (SSSR count). The molecule has 0 aromatic carbocycles. The van der Waals surface area contributed by atoms with Crippen molar-refractivity contribution in [3.8, 4) is 0 Å². The predicted octanol–water partition coefficient (Wildman–Crippen LogP) is 1.22. The number of carbonyl (C=O) groups is 2. The van der Waals surface area contributed by atoms with Gasteiger partial charge in [0.05, 0.1) is 5.41 Å². The van der Waals surface area contributed by atoms with Gasteiger partial charge in [0.15, 0.2) is 0 Å². The van der Waals surface area contributed by atoms with E-state index in [0.29, 0.717) is 31.8 Å². The number of nitrogens with zero attached hydrogens (tertiary/aromatic N) is 2. The average Bonchev–Trinajstić information content (AvgIpc) is 3.21. The third-order valence-electron chi connectivity index (χ3n) is 5.96. The van der Waals surface area contributed by atoms with Crippen molar-refractivity contribution in [1.29, 1.82) is 0 Å². The van der Waals surface area contributed by atoms with Gasteiger partial charge in [0.25, 0.3) is 0 Å². The van der Waals surface area contributed by atoms with Crippen LogP contribution in [0.25, 0.3) is 0 Å². The van der Waals surface area contributed by atoms with Crippen LogP contribution < -0.4 is 5.76 Å². The van der Waals surface area contributed by atoms with Crippen LogP contribution in [0.3, 0.4) is 0 Å². The number of H-pyrrole nitrogens is 1. The van der Waals surface area contributed by atoms with Crippen LogP contribution in [0.2, 0.25) is 0 Å². The second-order valence-electron chi connectivity index (χ2n) is 7.18. The normalized spacial score (nSPS) is 31.6. The zero-order chi connectivity index (χ0) is 16.0. The summed E-state index contributed by atoms with van der Waals surface area (Å²) in [5.41, 5.74) is -0.414. The van der Waals surface area contributed by atoms with Crippen LogP contribution in [0.1, 0.15) is 56.8 Å². The molecule has 0 spiro atoms. The summed E-state index contributed by atoms with van der Waals surface area (Å²) < 4.78 is 5.03. The summed E-state index contributed by atoms with van der Waals surface area (Å²) in [7, 11) is 0. The molecule has 1 aromatic heterocycles. The Morgan fingerprint density at radius 1 is 1.26 bits per heavy atom. The smallest absolute Gasteiger partial charge is 0.392 e. The molecule has 7 nitrogen and oxygen atoms in total. The Labute approximate surface area is 133 Å². The van der Waals surface area contributed by atoms with E-state index in [1.165, 1.54) is 0 Å². The van der Waals surface area contributed by atoms with Crippen LogP contribution in [-0.2, 0) is 9.59 Å². The standard InChI is InChI=1S/C16H21N3O4/c20-12-8-11-2-1-5-16(11,9-12)14(21)19-6-3-10(4-7-19)13-17-18-15(22)23-13/h10-11H,1-9H2,(H,18,22)/t11-,16-/m0/s1. The van der Waals surface area contributed by atoms with Crippen LogP contribution in [0.4, 0.5) is 0 Å². The lowest BCUT2D eigenvalue weighted by molar-refractivity contribution is -0.145. The molecule has 1 N–H and O–H groups in total. The fourth-order valence-electron chi connectivity index (χ4n) is 4.79. The zero-order valence-corrected chi connectivity index (χ0v) is 13.0. The van der Waals surface area contributed by atoms with E-state index in [2.05, 4.69) is 10.2 Å². The molecule has 23 heavy (non-hydrogen) atoms. The molecule has 7 heteroatoms. The van der Waals surface area contributed by atoms with Gasteiger partial charge in [0.1, 0.15) is 5.78 Å². The zero-order valence-electron chi connectivity index (χ0n) is 13.0. The molecule has 1 aromatic rings. The van der Waals surface area contributed by atoms with Crippen molar-refractivity contribution in [3.63, 3.8) is 0 Å². The molecule has 1 amide bonds. The number of amides is 1. The second kappa shape index (κ2) is 5.32. The molecule has 3 fully saturated rings. The summed E-state index contributed by atoms with van der Waals surface area (Å²) in [6, 6.07) is 0. The number of aromatic nitrogens is 2. The first kappa shape index (κ1) is 14.7. The Morgan fingerprint density at radius 3 is 2.74 bits per heavy atom. The Bertz CT molecular complexity index is 685. The monoisotopic (exact) mass is 319 g/mol. The number of nitrogens with one attached hydrogen (secondary N) is 1. The first-order valence-corrected chi connectivity index (χ1v) is 8.45. The molecule has 1 saturated heterocycles. The number of fused-ring (bicyclic) bond motifs is 1. The van der Waals surface area contributed by atoms with Gasteiger partial charge in [-0.15, -0.1) is 5.10 Å². The van der Waals surface area contributed by atoms with E-state index in [1.807, 2.05) is 4.90 Å². The molecule has 3 aliphatic rings. The van der Waals surface area contributed by atoms with Crippen LogP contribution in [-0.4, -0.2) is 39.9 Å². The van der Waals surface area contributed by atoms with Crippen molar-refractivity contribution in [3.05, 3.63) is 16.4 Å². The van der Waals surface area contributed by atoms with Gasteiger partial charge in [-0.1, -0.05) is 6.42 Å². The van der Waals surface area contributed by atoms with Crippen LogP contribution >= 0.6 is 0 Å². The van der Waals surface area contributed by atoms with Crippen LogP contribution in [0.15, 0.2) is 9.21 Å². The Morgan fingerprint density at radius 2 is 2.04 bits per heavy atom. The van der Waals surface area contributed by atoms with Crippen LogP contribution in [0, 0.1) is 11.3 Å². The lowest BCUT2D eigenvalue weighted by Crippen LogP contribution is -2.47. The SMILES string of the molecule is O=C1C[C@@H]2CCC[C@]2(C(=O)N2CCC(c3n[nH]c(=O)o3)CC2)C1. The van der Waals surface area contributed by atoms with Gasteiger partial charge < -0.3 is 9.32 Å². The quantitative estimate of drug-likeness (QED) is 0.884. The highest BCUT2D eigenvalue weighted by Gasteiger charge is 2.56. The molecular weight excluding hydrogens is 298 g/mol. The topological polar surface area (TPSA) is 96.3 Å². The van der Waals surface area contributed by atoms with E-state index in [-0.39, 0.29) is 23.5 Å². The van der Waals surface area contributed by atoms with Gasteiger partial charge in [0, 0.05) is 31.8 Å². The molecule has 2 saturated carbocycles. The Balaban J connectivity index is 1.45. The largest absolute Gasteiger partial charge is 0.434 e. The Hall–Kier alpha value is -1.92. The number of hydrogen-bond donors (Lipinski definition) is 1. The minimum Gasteiger partial charge on any atom is -0.392 e. The van der Waals surface area contributed by atoms with E-state index in [0.717, 1.165) is 32.1 Å². The summed E-state index contributed by atoms with van der Waals surface area (Å²) in [4.78, 5) is 37.9. The molecule has 2 aliphatic carbocycles. The van der Waals surface area contributed by atoms with E-state index in [9.17, 15) is 14.4 Å². The maximum atomic E-state index is 13.1. The molecule has 124 valence electrons. The van der Waals surface area contributed by atoms with Gasteiger partial charge >= 0.3 is 5.76 Å². The summed E-state index contributed by atoms with van der Waals surface area (Å²) >= 11 is 0. The van der Waals surface area contributed by atoms with E-state index in [1.54, 1.807) is 0 Å². The molecule has 0 radical (unpaired) electrons. The number of carbonyl (C=O) groups excluding carboxylic acids is 2. The number of Topliss-reactive ketones (excluding diaryl/α,β-unsaturated/α-hetero) is 1. The fourth-order valence-corrected chi connectivity index (χ4v) is 4.79. The summed E-state index contributed by atoms with van der Waals surface area (Å²) in [5, 5.41) is 6.18. The summed E-state index contributed by atoms with van der Waals surface area (Å²) in [6.45, 7) is 1.28. The maximum absolute atomic E-state index is 13.1. The number of hydrogen-bond acceptors (Lipinski definition) is 5. The third-order valence-corrected chi connectivity index (χ3v) is 5.96. The molecule has 0 unspecified atom stereocenters. The predicted molar refractivity (Wildman–Crippen MR) is 79.7 cm³/mol. The minimum absolute atomic E-state index is 0.0834. The van der Waals surface area contributed by atoms with E-state index < -0.39 is 11.2 Å². The maximum Gasteiger partial charge on any atom is 0.434 e. The van der Waals surface area contributed by atoms with Gasteiger partial charge in [0.2, 0.25) is 11.8 Å². The second-order valence-corrected chi connectivity index (χ2v) is 7.18. The first-order valence-electron chi connectivity index (χ1n) is 8.45. The summed E-state index contributed by atoms with van der Waals surface area (Å²) in [6.07, 6.45) is 5.43. The van der Waals surface area contributed by atoms with Crippen molar-refractivity contribution >= 4 is 11.7 Å². The van der Waals surface area contributed by atoms with Crippen molar-refractivity contribution < 1.29 is 14.0 Å². The molecule has 2 atom stereocenters. The van der Waals surface area contributed by atoms with Crippen molar-refractivity contribution in [2.24, 2.45) is 11.3 Å². The highest BCUT2D eigenvalue weighted by Crippen LogP contribution is 2.54. The van der Waals surface area contributed by atoms with Gasteiger partial charge in [-0.3, -0.25) is 9.59 Å². The lowest BCUT2D eigenvalue weighted by atomic mass is 9.78. The van der Waals surface area contributed by atoms with Crippen LogP contribution in [0.5, 0.6) is 0 Å². The van der Waals surface area contributed by atoms with Gasteiger partial charge in [-0.25, -0.2) is 9.89 Å². The highest BCUT2D eigenvalue weighted by molar-refractivity contribution is 5.94. The van der Waals surface area contributed by atoms with Gasteiger partial charge in [-0.2, -0.15) is 0 Å². The van der Waals surface area contributed by atoms with Crippen molar-refractivity contribution in [1.82, 2.24) is 15.1 Å². The third kappa shape index (κ3) is 2.33. The minimum atomic E-state index is -0.532. The van der Waals surface area contributed by atoms with Crippen molar-refractivity contribution in [2.45, 2.75) is 50.9 Å². The van der Waals surface area contributed by atoms with E-state index in [4.69, 9.17) is 4.42 Å². The van der Waals surface area contributed by atoms with Crippen molar-refractivity contribution in [2.75, 3.05) is 13.1 Å². The highest BCUT2D eigenvalue weighted by atomic mass is 16.4. The molecule has 2 heterocycles. The lowest BCUT2D eigenvalue weighted by Gasteiger charge is -2.37.